The van der Waals surface area contributed by atoms with Crippen molar-refractivity contribution in [1.29, 1.82) is 0 Å². The smallest absolute Gasteiger partial charge is 0.333 e. The lowest BCUT2D eigenvalue weighted by Gasteiger charge is -2.26. The van der Waals surface area contributed by atoms with E-state index < -0.39 is 0 Å². The van der Waals surface area contributed by atoms with Gasteiger partial charge in [0.05, 0.1) is 0 Å². The zero-order valence-corrected chi connectivity index (χ0v) is 10.8. The van der Waals surface area contributed by atoms with E-state index in [4.69, 9.17) is 4.74 Å². The van der Waals surface area contributed by atoms with Crippen LogP contribution in [0.5, 0.6) is 0 Å². The lowest BCUT2D eigenvalue weighted by molar-refractivity contribution is -0.146. The summed E-state index contributed by atoms with van der Waals surface area (Å²) < 4.78 is 5.51. The van der Waals surface area contributed by atoms with E-state index in [-0.39, 0.29) is 12.1 Å². The highest BCUT2D eigenvalue weighted by atomic mass is 16.5. The summed E-state index contributed by atoms with van der Waals surface area (Å²) in [4.78, 5) is 11.7. The van der Waals surface area contributed by atoms with Crippen molar-refractivity contribution in [3.05, 3.63) is 11.6 Å². The third kappa shape index (κ3) is 4.38. The molecule has 0 heterocycles. The predicted octanol–water partition coefficient (Wildman–Crippen LogP) is 3.85. The third-order valence-electron chi connectivity index (χ3n) is 3.22. The zero-order chi connectivity index (χ0) is 12.0. The standard InChI is InChI=1S/C14H24O2/c1-4-5-8-12(3)14(15)16-13-9-6-7-11(2)10-13/h8,11,13H,4-7,9-10H2,1-3H3. The number of rotatable bonds is 4. The topological polar surface area (TPSA) is 26.3 Å². The quantitative estimate of drug-likeness (QED) is 0.535. The molecule has 0 spiro atoms. The van der Waals surface area contributed by atoms with Crippen LogP contribution >= 0.6 is 0 Å². The van der Waals surface area contributed by atoms with Gasteiger partial charge in [-0.15, -0.1) is 0 Å². The molecule has 0 aromatic carbocycles. The molecule has 92 valence electrons. The van der Waals surface area contributed by atoms with Crippen molar-refractivity contribution in [1.82, 2.24) is 0 Å². The van der Waals surface area contributed by atoms with Crippen molar-refractivity contribution in [3.8, 4) is 0 Å². The van der Waals surface area contributed by atoms with Crippen LogP contribution in [0.15, 0.2) is 11.6 Å². The van der Waals surface area contributed by atoms with Crippen LogP contribution in [0, 0.1) is 5.92 Å². The number of ether oxygens (including phenoxy) is 1. The van der Waals surface area contributed by atoms with Gasteiger partial charge in [0.15, 0.2) is 0 Å². The number of hydrogen-bond donors (Lipinski definition) is 0. The summed E-state index contributed by atoms with van der Waals surface area (Å²) in [5.41, 5.74) is 0.764. The SMILES string of the molecule is CCCC=C(C)C(=O)OC1CCCC(C)C1. The maximum Gasteiger partial charge on any atom is 0.333 e. The minimum absolute atomic E-state index is 0.118. The average molecular weight is 224 g/mol. The Morgan fingerprint density at radius 2 is 2.19 bits per heavy atom. The van der Waals surface area contributed by atoms with Gasteiger partial charge in [-0.3, -0.25) is 0 Å². The Labute approximate surface area is 99.1 Å². The molecule has 2 unspecified atom stereocenters. The molecule has 0 radical (unpaired) electrons. The molecule has 16 heavy (non-hydrogen) atoms. The van der Waals surface area contributed by atoms with Crippen LogP contribution in [0.25, 0.3) is 0 Å². The first-order chi connectivity index (χ1) is 7.63. The number of carbonyl (C=O) groups is 1. The first-order valence-electron chi connectivity index (χ1n) is 6.51. The van der Waals surface area contributed by atoms with Crippen molar-refractivity contribution >= 4 is 5.97 Å². The molecular weight excluding hydrogens is 200 g/mol. The largest absolute Gasteiger partial charge is 0.459 e. The molecule has 0 N–H and O–H groups in total. The molecule has 2 heteroatoms. The molecule has 1 aliphatic carbocycles. The van der Waals surface area contributed by atoms with Crippen LogP contribution in [-0.4, -0.2) is 12.1 Å². The highest BCUT2D eigenvalue weighted by Gasteiger charge is 2.22. The molecule has 1 fully saturated rings. The first-order valence-corrected chi connectivity index (χ1v) is 6.51. The van der Waals surface area contributed by atoms with Crippen molar-refractivity contribution < 1.29 is 9.53 Å². The molecule has 2 nitrogen and oxygen atoms in total. The molecule has 2 atom stereocenters. The summed E-state index contributed by atoms with van der Waals surface area (Å²) in [6, 6.07) is 0. The van der Waals surface area contributed by atoms with Gasteiger partial charge < -0.3 is 4.74 Å². The summed E-state index contributed by atoms with van der Waals surface area (Å²) in [5.74, 6) is 0.582. The van der Waals surface area contributed by atoms with Crippen molar-refractivity contribution in [2.45, 2.75) is 65.4 Å². The monoisotopic (exact) mass is 224 g/mol. The second-order valence-electron chi connectivity index (χ2n) is 4.97. The fourth-order valence-electron chi connectivity index (χ4n) is 2.17. The van der Waals surface area contributed by atoms with E-state index in [2.05, 4.69) is 13.8 Å². The molecule has 0 amide bonds. The Bertz CT molecular complexity index is 255. The van der Waals surface area contributed by atoms with Crippen LogP contribution in [0.3, 0.4) is 0 Å². The summed E-state index contributed by atoms with van der Waals surface area (Å²) >= 11 is 0. The van der Waals surface area contributed by atoms with E-state index in [1.165, 1.54) is 12.8 Å². The highest BCUT2D eigenvalue weighted by Crippen LogP contribution is 2.26. The average Bonchev–Trinajstić information content (AvgIpc) is 2.25. The minimum Gasteiger partial charge on any atom is -0.459 e. The third-order valence-corrected chi connectivity index (χ3v) is 3.22. The van der Waals surface area contributed by atoms with Crippen molar-refractivity contribution in [2.24, 2.45) is 5.92 Å². The Morgan fingerprint density at radius 3 is 2.81 bits per heavy atom. The zero-order valence-electron chi connectivity index (χ0n) is 10.8. The second kappa shape index (κ2) is 6.72. The van der Waals surface area contributed by atoms with E-state index >= 15 is 0 Å². The number of carbonyl (C=O) groups excluding carboxylic acids is 1. The maximum atomic E-state index is 11.7. The fourth-order valence-corrected chi connectivity index (χ4v) is 2.17. The van der Waals surface area contributed by atoms with Gasteiger partial charge >= 0.3 is 5.97 Å². The van der Waals surface area contributed by atoms with Crippen LogP contribution in [0.1, 0.15) is 59.3 Å². The molecule has 0 saturated heterocycles. The lowest BCUT2D eigenvalue weighted by atomic mass is 9.89. The molecule has 0 aromatic rings. The summed E-state index contributed by atoms with van der Waals surface area (Å²) in [6.45, 7) is 6.20. The molecule has 1 rings (SSSR count). The number of esters is 1. The lowest BCUT2D eigenvalue weighted by Crippen LogP contribution is -2.24. The van der Waals surface area contributed by atoms with Gasteiger partial charge in [-0.2, -0.15) is 0 Å². The molecular formula is C14H24O2. The second-order valence-corrected chi connectivity index (χ2v) is 4.97. The number of unbranched alkanes of at least 4 members (excludes halogenated alkanes) is 1. The summed E-state index contributed by atoms with van der Waals surface area (Å²) in [7, 11) is 0. The molecule has 0 aromatic heterocycles. The molecule has 1 saturated carbocycles. The number of allylic oxidation sites excluding steroid dienone is 1. The van der Waals surface area contributed by atoms with Crippen LogP contribution < -0.4 is 0 Å². The first kappa shape index (κ1) is 13.3. The minimum atomic E-state index is -0.118. The van der Waals surface area contributed by atoms with Gasteiger partial charge in [0.2, 0.25) is 0 Å². The van der Waals surface area contributed by atoms with Crippen molar-refractivity contribution in [2.75, 3.05) is 0 Å². The van der Waals surface area contributed by atoms with Crippen LogP contribution in [0.4, 0.5) is 0 Å². The molecule has 0 aliphatic heterocycles. The van der Waals surface area contributed by atoms with Gasteiger partial charge in [0.1, 0.15) is 6.10 Å². The van der Waals surface area contributed by atoms with E-state index in [0.717, 1.165) is 31.3 Å². The van der Waals surface area contributed by atoms with E-state index in [9.17, 15) is 4.79 Å². The summed E-state index contributed by atoms with van der Waals surface area (Å²) in [6.07, 6.45) is 8.71. The molecule has 1 aliphatic rings. The van der Waals surface area contributed by atoms with Crippen LogP contribution in [-0.2, 0) is 9.53 Å². The van der Waals surface area contributed by atoms with Gasteiger partial charge in [0, 0.05) is 5.57 Å². The highest BCUT2D eigenvalue weighted by molar-refractivity contribution is 5.87. The Hall–Kier alpha value is -0.790. The van der Waals surface area contributed by atoms with Gasteiger partial charge in [0.25, 0.3) is 0 Å². The van der Waals surface area contributed by atoms with E-state index in [0.29, 0.717) is 5.92 Å². The Kier molecular flexibility index (Phi) is 5.58. The van der Waals surface area contributed by atoms with Gasteiger partial charge in [-0.25, -0.2) is 4.79 Å². The maximum absolute atomic E-state index is 11.7. The van der Waals surface area contributed by atoms with E-state index in [1.54, 1.807) is 0 Å². The Morgan fingerprint density at radius 1 is 1.44 bits per heavy atom. The predicted molar refractivity (Wildman–Crippen MR) is 66.2 cm³/mol. The van der Waals surface area contributed by atoms with Gasteiger partial charge in [-0.1, -0.05) is 32.8 Å². The van der Waals surface area contributed by atoms with Crippen LogP contribution in [0.2, 0.25) is 0 Å². The Balaban J connectivity index is 2.38. The summed E-state index contributed by atoms with van der Waals surface area (Å²) in [5, 5.41) is 0. The van der Waals surface area contributed by atoms with Gasteiger partial charge in [-0.05, 0) is 38.5 Å². The number of hydrogen-bond acceptors (Lipinski definition) is 2. The fraction of sp³-hybridized carbons (Fsp3) is 0.786. The van der Waals surface area contributed by atoms with E-state index in [1.807, 2.05) is 13.0 Å². The van der Waals surface area contributed by atoms with Crippen molar-refractivity contribution in [3.63, 3.8) is 0 Å². The normalized spacial score (nSPS) is 26.6. The molecule has 0 bridgehead atoms.